The molecule has 0 aliphatic heterocycles. The fourth-order valence-electron chi connectivity index (χ4n) is 3.22. The summed E-state index contributed by atoms with van der Waals surface area (Å²) >= 11 is 1.48. The van der Waals surface area contributed by atoms with Crippen LogP contribution in [-0.2, 0) is 12.8 Å². The molecule has 0 spiro atoms. The Balaban J connectivity index is 1.26. The molecule has 8 heteroatoms. The van der Waals surface area contributed by atoms with E-state index in [0.29, 0.717) is 28.4 Å². The van der Waals surface area contributed by atoms with Crippen molar-refractivity contribution in [1.82, 2.24) is 25.3 Å². The number of nitrogens with zero attached hydrogens (tertiary/aromatic N) is 2. The molecular weight excluding hydrogens is 362 g/mol. The van der Waals surface area contributed by atoms with Crippen LogP contribution in [0.3, 0.4) is 0 Å². The van der Waals surface area contributed by atoms with Crippen LogP contribution in [0.25, 0.3) is 10.9 Å². The van der Waals surface area contributed by atoms with Crippen molar-refractivity contribution in [2.45, 2.75) is 37.3 Å². The van der Waals surface area contributed by atoms with E-state index < -0.39 is 0 Å². The number of hydrogen-bond donors (Lipinski definition) is 3. The number of H-pyrrole nitrogens is 2. The van der Waals surface area contributed by atoms with Gasteiger partial charge in [0.2, 0.25) is 0 Å². The number of hydrogen-bond acceptors (Lipinski definition) is 5. The Labute approximate surface area is 160 Å². The Morgan fingerprint density at radius 3 is 2.89 bits per heavy atom. The first-order chi connectivity index (χ1) is 13.2. The van der Waals surface area contributed by atoms with Crippen LogP contribution in [0.1, 0.15) is 41.3 Å². The maximum absolute atomic E-state index is 12.2. The first-order valence-electron chi connectivity index (χ1n) is 9.18. The number of para-hydroxylation sites is 1. The zero-order valence-electron chi connectivity index (χ0n) is 14.9. The summed E-state index contributed by atoms with van der Waals surface area (Å²) in [6.07, 6.45) is 4.99. The normalized spacial score (nSPS) is 13.5. The number of thioether (sulfide) groups is 1. The molecule has 3 N–H and O–H groups in total. The summed E-state index contributed by atoms with van der Waals surface area (Å²) in [5, 5.41) is 4.09. The number of imidazole rings is 1. The van der Waals surface area contributed by atoms with Crippen LogP contribution in [0.15, 0.2) is 34.2 Å². The first kappa shape index (κ1) is 17.8. The second kappa shape index (κ2) is 7.96. The zero-order chi connectivity index (χ0) is 18.6. The molecule has 1 amide bonds. The van der Waals surface area contributed by atoms with Gasteiger partial charge in [0.25, 0.3) is 11.5 Å². The number of carbonyl (C=O) groups excluding carboxylic acids is 1. The molecule has 7 nitrogen and oxygen atoms in total. The summed E-state index contributed by atoms with van der Waals surface area (Å²) in [6, 6.07) is 7.28. The minimum Gasteiger partial charge on any atom is -0.349 e. The highest BCUT2D eigenvalue weighted by atomic mass is 32.2. The summed E-state index contributed by atoms with van der Waals surface area (Å²) < 4.78 is 0. The van der Waals surface area contributed by atoms with E-state index in [1.54, 1.807) is 6.07 Å². The van der Waals surface area contributed by atoms with Crippen LogP contribution < -0.4 is 10.9 Å². The number of aromatic nitrogens is 4. The summed E-state index contributed by atoms with van der Waals surface area (Å²) in [4.78, 5) is 39.1. The van der Waals surface area contributed by atoms with Crippen LogP contribution >= 0.6 is 11.8 Å². The van der Waals surface area contributed by atoms with Crippen molar-refractivity contribution < 1.29 is 4.79 Å². The van der Waals surface area contributed by atoms with Crippen molar-refractivity contribution in [2.75, 3.05) is 12.3 Å². The Kier molecular flexibility index (Phi) is 5.24. The lowest BCUT2D eigenvalue weighted by atomic mass is 10.0. The summed E-state index contributed by atoms with van der Waals surface area (Å²) in [5.41, 5.74) is 2.71. The number of nitrogens with one attached hydrogen (secondary N) is 3. The summed E-state index contributed by atoms with van der Waals surface area (Å²) in [5.74, 6) is 0.998. The van der Waals surface area contributed by atoms with Gasteiger partial charge in [0.15, 0.2) is 11.0 Å². The molecular formula is C19H21N5O2S. The van der Waals surface area contributed by atoms with Gasteiger partial charge in [-0.3, -0.25) is 9.59 Å². The van der Waals surface area contributed by atoms with Crippen LogP contribution in [0, 0.1) is 0 Å². The molecule has 2 aromatic heterocycles. The third-order valence-electron chi connectivity index (χ3n) is 4.61. The van der Waals surface area contributed by atoms with E-state index in [1.165, 1.54) is 11.8 Å². The lowest BCUT2D eigenvalue weighted by Crippen LogP contribution is -2.26. The molecule has 3 aromatic rings. The van der Waals surface area contributed by atoms with E-state index in [-0.39, 0.29) is 11.5 Å². The van der Waals surface area contributed by atoms with Gasteiger partial charge in [0.05, 0.1) is 16.6 Å². The molecule has 0 saturated heterocycles. The predicted molar refractivity (Wildman–Crippen MR) is 105 cm³/mol. The van der Waals surface area contributed by atoms with E-state index in [1.807, 2.05) is 18.2 Å². The number of carbonyl (C=O) groups is 1. The molecule has 0 unspecified atom stereocenters. The number of amides is 1. The molecule has 0 bridgehead atoms. The fraction of sp³-hybridized carbons (Fsp3) is 0.368. The number of rotatable bonds is 6. The van der Waals surface area contributed by atoms with Crippen molar-refractivity contribution >= 4 is 28.6 Å². The van der Waals surface area contributed by atoms with Gasteiger partial charge in [-0.2, -0.15) is 0 Å². The standard InChI is InChI=1S/C19H21N5O2S/c25-17-12-6-1-2-7-13(12)23-19(24-17)27-11-5-10-20-18(26)16-21-14-8-3-4-9-15(14)22-16/h1-2,6-7H,3-5,8-11H2,(H,20,26)(H,21,22)(H,23,24,25). The summed E-state index contributed by atoms with van der Waals surface area (Å²) in [6.45, 7) is 0.551. The molecule has 0 atom stereocenters. The topological polar surface area (TPSA) is 104 Å². The Morgan fingerprint density at radius 2 is 2.00 bits per heavy atom. The quantitative estimate of drug-likeness (QED) is 0.345. The molecule has 1 aromatic carbocycles. The highest BCUT2D eigenvalue weighted by Gasteiger charge is 2.17. The molecule has 140 valence electrons. The molecule has 4 rings (SSSR count). The number of aryl methyl sites for hydroxylation is 2. The predicted octanol–water partition coefficient (Wildman–Crippen LogP) is 2.44. The Bertz CT molecular complexity index is 1000. The molecule has 0 radical (unpaired) electrons. The largest absolute Gasteiger partial charge is 0.349 e. The van der Waals surface area contributed by atoms with E-state index in [4.69, 9.17) is 0 Å². The van der Waals surface area contributed by atoms with Gasteiger partial charge < -0.3 is 15.3 Å². The van der Waals surface area contributed by atoms with Gasteiger partial charge in [0.1, 0.15) is 0 Å². The third kappa shape index (κ3) is 4.05. The van der Waals surface area contributed by atoms with Crippen molar-refractivity contribution in [3.63, 3.8) is 0 Å². The van der Waals surface area contributed by atoms with Crippen molar-refractivity contribution in [3.8, 4) is 0 Å². The van der Waals surface area contributed by atoms with Gasteiger partial charge in [0, 0.05) is 18.0 Å². The van der Waals surface area contributed by atoms with E-state index >= 15 is 0 Å². The maximum atomic E-state index is 12.2. The minimum absolute atomic E-state index is 0.127. The van der Waals surface area contributed by atoms with Crippen LogP contribution in [-0.4, -0.2) is 38.1 Å². The molecule has 1 aliphatic rings. The molecule has 1 aliphatic carbocycles. The number of fused-ring (bicyclic) bond motifs is 2. The molecule has 0 fully saturated rings. The number of benzene rings is 1. The van der Waals surface area contributed by atoms with Crippen molar-refractivity contribution in [3.05, 3.63) is 51.8 Å². The number of aromatic amines is 2. The third-order valence-corrected chi connectivity index (χ3v) is 5.57. The van der Waals surface area contributed by atoms with Crippen LogP contribution in [0.5, 0.6) is 0 Å². The van der Waals surface area contributed by atoms with E-state index in [2.05, 4.69) is 25.3 Å². The lowest BCUT2D eigenvalue weighted by molar-refractivity contribution is 0.0944. The second-order valence-corrected chi connectivity index (χ2v) is 7.65. The van der Waals surface area contributed by atoms with E-state index in [9.17, 15) is 9.59 Å². The molecule has 27 heavy (non-hydrogen) atoms. The Hall–Kier alpha value is -2.61. The highest BCUT2D eigenvalue weighted by Crippen LogP contribution is 2.18. The van der Waals surface area contributed by atoms with Crippen LogP contribution in [0.2, 0.25) is 0 Å². The highest BCUT2D eigenvalue weighted by molar-refractivity contribution is 7.99. The van der Waals surface area contributed by atoms with Crippen molar-refractivity contribution in [1.29, 1.82) is 0 Å². The van der Waals surface area contributed by atoms with Crippen LogP contribution in [0.4, 0.5) is 0 Å². The van der Waals surface area contributed by atoms with Crippen molar-refractivity contribution in [2.24, 2.45) is 0 Å². The smallest absolute Gasteiger partial charge is 0.287 e. The van der Waals surface area contributed by atoms with Gasteiger partial charge in [-0.25, -0.2) is 9.97 Å². The average molecular weight is 383 g/mol. The second-order valence-electron chi connectivity index (χ2n) is 6.56. The maximum Gasteiger partial charge on any atom is 0.287 e. The fourth-order valence-corrected chi connectivity index (χ4v) is 4.03. The monoisotopic (exact) mass is 383 g/mol. The average Bonchev–Trinajstić information content (AvgIpc) is 3.12. The van der Waals surface area contributed by atoms with Gasteiger partial charge >= 0.3 is 0 Å². The Morgan fingerprint density at radius 1 is 1.15 bits per heavy atom. The SMILES string of the molecule is O=C(NCCCSc1nc2ccccc2c(=O)[nH]1)c1nc2c([nH]1)CCCC2. The van der Waals surface area contributed by atoms with E-state index in [0.717, 1.165) is 49.2 Å². The lowest BCUT2D eigenvalue weighted by Gasteiger charge is -2.07. The minimum atomic E-state index is -0.161. The van der Waals surface area contributed by atoms with Gasteiger partial charge in [-0.1, -0.05) is 23.9 Å². The van der Waals surface area contributed by atoms with Gasteiger partial charge in [-0.05, 0) is 44.2 Å². The van der Waals surface area contributed by atoms with Gasteiger partial charge in [-0.15, -0.1) is 0 Å². The zero-order valence-corrected chi connectivity index (χ0v) is 15.7. The molecule has 2 heterocycles. The first-order valence-corrected chi connectivity index (χ1v) is 10.2. The molecule has 0 saturated carbocycles. The summed E-state index contributed by atoms with van der Waals surface area (Å²) in [7, 11) is 0.